The number of hydrogen-bond donors (Lipinski definition) is 0. The van der Waals surface area contributed by atoms with Gasteiger partial charge >= 0.3 is 0 Å². The summed E-state index contributed by atoms with van der Waals surface area (Å²) in [5.74, 6) is 1.76. The van der Waals surface area contributed by atoms with Crippen LogP contribution in [0.1, 0.15) is 23.6 Å². The fourth-order valence-electron chi connectivity index (χ4n) is 2.57. The average Bonchev–Trinajstić information content (AvgIpc) is 2.67. The van der Waals surface area contributed by atoms with Crippen molar-refractivity contribution in [2.75, 3.05) is 6.61 Å². The number of hydrogen-bond acceptors (Lipinski definition) is 2. The van der Waals surface area contributed by atoms with Crippen LogP contribution in [0, 0.1) is 0 Å². The second-order valence-corrected chi connectivity index (χ2v) is 5.62. The SMILES string of the molecule is CCOc1ccccc1/C=C/c1ccccc1OCc1ccccc1. The lowest BCUT2D eigenvalue weighted by Crippen LogP contribution is -1.96. The fourth-order valence-corrected chi connectivity index (χ4v) is 2.57. The summed E-state index contributed by atoms with van der Waals surface area (Å²) in [4.78, 5) is 0. The molecule has 0 saturated carbocycles. The molecule has 3 aromatic rings. The van der Waals surface area contributed by atoms with Crippen LogP contribution in [0.3, 0.4) is 0 Å². The van der Waals surface area contributed by atoms with Crippen molar-refractivity contribution in [3.63, 3.8) is 0 Å². The molecule has 3 aromatic carbocycles. The summed E-state index contributed by atoms with van der Waals surface area (Å²) in [6.45, 7) is 3.20. The Morgan fingerprint density at radius 1 is 0.640 bits per heavy atom. The van der Waals surface area contributed by atoms with Crippen molar-refractivity contribution in [3.05, 3.63) is 95.6 Å². The molecule has 0 atom stereocenters. The van der Waals surface area contributed by atoms with Crippen molar-refractivity contribution in [1.29, 1.82) is 0 Å². The van der Waals surface area contributed by atoms with Crippen LogP contribution in [0.2, 0.25) is 0 Å². The lowest BCUT2D eigenvalue weighted by molar-refractivity contribution is 0.305. The number of rotatable bonds is 7. The molecule has 0 spiro atoms. The zero-order valence-corrected chi connectivity index (χ0v) is 14.4. The molecule has 2 heteroatoms. The monoisotopic (exact) mass is 330 g/mol. The van der Waals surface area contributed by atoms with E-state index in [0.717, 1.165) is 28.2 Å². The second-order valence-electron chi connectivity index (χ2n) is 5.62. The van der Waals surface area contributed by atoms with Crippen LogP contribution >= 0.6 is 0 Å². The van der Waals surface area contributed by atoms with Crippen LogP contribution in [0.15, 0.2) is 78.9 Å². The molecule has 0 saturated heterocycles. The minimum Gasteiger partial charge on any atom is -0.493 e. The molecule has 0 aliphatic heterocycles. The van der Waals surface area contributed by atoms with Crippen LogP contribution in [-0.2, 0) is 6.61 Å². The Labute approximate surface area is 149 Å². The molecule has 0 bridgehead atoms. The topological polar surface area (TPSA) is 18.5 Å². The van der Waals surface area contributed by atoms with Crippen molar-refractivity contribution in [2.45, 2.75) is 13.5 Å². The summed E-state index contributed by atoms with van der Waals surface area (Å²) >= 11 is 0. The van der Waals surface area contributed by atoms with Gasteiger partial charge in [-0.2, -0.15) is 0 Å². The van der Waals surface area contributed by atoms with Gasteiger partial charge in [0.25, 0.3) is 0 Å². The molecule has 126 valence electrons. The van der Waals surface area contributed by atoms with Crippen molar-refractivity contribution in [1.82, 2.24) is 0 Å². The third-order valence-electron chi connectivity index (χ3n) is 3.82. The highest BCUT2D eigenvalue weighted by Crippen LogP contribution is 2.25. The van der Waals surface area contributed by atoms with Crippen molar-refractivity contribution >= 4 is 12.2 Å². The van der Waals surface area contributed by atoms with Gasteiger partial charge < -0.3 is 9.47 Å². The Bertz CT molecular complexity index is 822. The lowest BCUT2D eigenvalue weighted by atomic mass is 10.1. The van der Waals surface area contributed by atoms with Gasteiger partial charge in [-0.05, 0) is 24.6 Å². The molecule has 0 aromatic heterocycles. The van der Waals surface area contributed by atoms with Crippen molar-refractivity contribution in [2.24, 2.45) is 0 Å². The summed E-state index contributed by atoms with van der Waals surface area (Å²) < 4.78 is 11.7. The van der Waals surface area contributed by atoms with Gasteiger partial charge in [-0.25, -0.2) is 0 Å². The van der Waals surface area contributed by atoms with E-state index in [2.05, 4.69) is 36.4 Å². The predicted octanol–water partition coefficient (Wildman–Crippen LogP) is 5.83. The van der Waals surface area contributed by atoms with Gasteiger partial charge in [-0.1, -0.05) is 78.9 Å². The average molecular weight is 330 g/mol. The minimum absolute atomic E-state index is 0.557. The van der Waals surface area contributed by atoms with E-state index in [4.69, 9.17) is 9.47 Å². The minimum atomic E-state index is 0.557. The third-order valence-corrected chi connectivity index (χ3v) is 3.82. The molecule has 0 aliphatic carbocycles. The maximum atomic E-state index is 6.01. The highest BCUT2D eigenvalue weighted by molar-refractivity contribution is 5.74. The number of ether oxygens (including phenoxy) is 2. The fraction of sp³-hybridized carbons (Fsp3) is 0.130. The molecule has 0 heterocycles. The first-order valence-electron chi connectivity index (χ1n) is 8.52. The summed E-state index contributed by atoms with van der Waals surface area (Å²) in [7, 11) is 0. The molecule has 0 aliphatic rings. The largest absolute Gasteiger partial charge is 0.493 e. The van der Waals surface area contributed by atoms with Crippen molar-refractivity contribution < 1.29 is 9.47 Å². The first-order valence-corrected chi connectivity index (χ1v) is 8.52. The smallest absolute Gasteiger partial charge is 0.127 e. The molecule has 3 rings (SSSR count). The Balaban J connectivity index is 1.77. The van der Waals surface area contributed by atoms with Crippen LogP contribution < -0.4 is 9.47 Å². The summed E-state index contributed by atoms with van der Waals surface area (Å²) in [5.41, 5.74) is 3.26. The quantitative estimate of drug-likeness (QED) is 0.507. The van der Waals surface area contributed by atoms with Gasteiger partial charge in [0.15, 0.2) is 0 Å². The van der Waals surface area contributed by atoms with E-state index in [0.29, 0.717) is 13.2 Å². The normalized spacial score (nSPS) is 10.8. The van der Waals surface area contributed by atoms with E-state index in [1.54, 1.807) is 0 Å². The number of benzene rings is 3. The Hall–Kier alpha value is -3.00. The highest BCUT2D eigenvalue weighted by Gasteiger charge is 2.02. The molecule has 0 amide bonds. The highest BCUT2D eigenvalue weighted by atomic mass is 16.5. The number of para-hydroxylation sites is 2. The van der Waals surface area contributed by atoms with E-state index in [9.17, 15) is 0 Å². The zero-order valence-electron chi connectivity index (χ0n) is 14.4. The molecule has 25 heavy (non-hydrogen) atoms. The standard InChI is InChI=1S/C23H22O2/c1-2-24-22-14-8-6-12-20(22)16-17-21-13-7-9-15-23(21)25-18-19-10-4-3-5-11-19/h3-17H,2,18H2,1H3/b17-16+. The van der Waals surface area contributed by atoms with E-state index in [1.165, 1.54) is 0 Å². The molecular formula is C23H22O2. The third kappa shape index (κ3) is 4.74. The molecule has 0 fully saturated rings. The summed E-state index contributed by atoms with van der Waals surface area (Å²) in [6.07, 6.45) is 4.13. The van der Waals surface area contributed by atoms with Gasteiger partial charge in [0, 0.05) is 11.1 Å². The molecule has 0 radical (unpaired) electrons. The van der Waals surface area contributed by atoms with E-state index < -0.39 is 0 Å². The van der Waals surface area contributed by atoms with Crippen LogP contribution in [0.4, 0.5) is 0 Å². The van der Waals surface area contributed by atoms with E-state index >= 15 is 0 Å². The van der Waals surface area contributed by atoms with Gasteiger partial charge in [-0.15, -0.1) is 0 Å². The molecule has 0 unspecified atom stereocenters. The predicted molar refractivity (Wildman–Crippen MR) is 104 cm³/mol. The zero-order chi connectivity index (χ0) is 17.3. The Morgan fingerprint density at radius 2 is 1.16 bits per heavy atom. The lowest BCUT2D eigenvalue weighted by Gasteiger charge is -2.10. The summed E-state index contributed by atoms with van der Waals surface area (Å²) in [5, 5.41) is 0. The first kappa shape index (κ1) is 16.8. The van der Waals surface area contributed by atoms with Gasteiger partial charge in [0.05, 0.1) is 6.61 Å². The van der Waals surface area contributed by atoms with E-state index in [-0.39, 0.29) is 0 Å². The van der Waals surface area contributed by atoms with E-state index in [1.807, 2.05) is 61.5 Å². The molecule has 0 N–H and O–H groups in total. The second kappa shape index (κ2) is 8.74. The first-order chi connectivity index (χ1) is 12.4. The Morgan fingerprint density at radius 3 is 1.76 bits per heavy atom. The van der Waals surface area contributed by atoms with Crippen LogP contribution in [0.25, 0.3) is 12.2 Å². The molecular weight excluding hydrogens is 308 g/mol. The maximum absolute atomic E-state index is 6.01. The van der Waals surface area contributed by atoms with Gasteiger partial charge in [0.1, 0.15) is 18.1 Å². The summed E-state index contributed by atoms with van der Waals surface area (Å²) in [6, 6.07) is 26.3. The molecule has 2 nitrogen and oxygen atoms in total. The van der Waals surface area contributed by atoms with Gasteiger partial charge in [0.2, 0.25) is 0 Å². The van der Waals surface area contributed by atoms with Crippen LogP contribution in [0.5, 0.6) is 11.5 Å². The van der Waals surface area contributed by atoms with Gasteiger partial charge in [-0.3, -0.25) is 0 Å². The van der Waals surface area contributed by atoms with Crippen LogP contribution in [-0.4, -0.2) is 6.61 Å². The maximum Gasteiger partial charge on any atom is 0.127 e. The van der Waals surface area contributed by atoms with Crippen molar-refractivity contribution in [3.8, 4) is 11.5 Å². The Kier molecular flexibility index (Phi) is 5.89.